The van der Waals surface area contributed by atoms with Crippen LogP contribution < -0.4 is 9.62 Å². The number of nitrogens with one attached hydrogen (secondary N) is 1. The van der Waals surface area contributed by atoms with Crippen LogP contribution in [0.5, 0.6) is 0 Å². The van der Waals surface area contributed by atoms with Gasteiger partial charge in [0.15, 0.2) is 5.65 Å². The van der Waals surface area contributed by atoms with Crippen LogP contribution in [0.2, 0.25) is 0 Å². The number of rotatable bonds is 3. The van der Waals surface area contributed by atoms with Gasteiger partial charge in [-0.15, -0.1) is 0 Å². The highest BCUT2D eigenvalue weighted by molar-refractivity contribution is 7.87. The molecule has 1 saturated heterocycles. The largest absolute Gasteiger partial charge is 0.464 e. The van der Waals surface area contributed by atoms with Gasteiger partial charge in [0.25, 0.3) is 10.2 Å². The standard InChI is InChI=1S/C14H18N6O4S/c1-15-25(23,24)20-7-6-18(8-14(20)3-4-14)11-10-2-5-19(13(21)22)12(10)17-9-16-11/h2,5,9,15H,3-4,6-8H2,1H3,(H,21,22). The fourth-order valence-electron chi connectivity index (χ4n) is 3.52. The van der Waals surface area contributed by atoms with Crippen molar-refractivity contribution < 1.29 is 18.3 Å². The molecular weight excluding hydrogens is 348 g/mol. The molecule has 0 unspecified atom stereocenters. The van der Waals surface area contributed by atoms with Crippen molar-refractivity contribution in [2.75, 3.05) is 31.6 Å². The highest BCUT2D eigenvalue weighted by atomic mass is 32.2. The van der Waals surface area contributed by atoms with Crippen molar-refractivity contribution in [1.82, 2.24) is 23.6 Å². The van der Waals surface area contributed by atoms with E-state index in [1.54, 1.807) is 6.07 Å². The molecule has 0 radical (unpaired) electrons. The van der Waals surface area contributed by atoms with Gasteiger partial charge in [-0.05, 0) is 18.9 Å². The molecule has 2 N–H and O–H groups in total. The maximum atomic E-state index is 12.2. The zero-order valence-electron chi connectivity index (χ0n) is 13.6. The fraction of sp³-hybridized carbons (Fsp3) is 0.500. The van der Waals surface area contributed by atoms with Crippen LogP contribution in [0, 0.1) is 0 Å². The minimum atomic E-state index is -3.48. The van der Waals surface area contributed by atoms with Crippen molar-refractivity contribution >= 4 is 33.2 Å². The maximum absolute atomic E-state index is 12.2. The third-order valence-electron chi connectivity index (χ3n) is 4.93. The first kappa shape index (κ1) is 16.2. The molecule has 1 aliphatic heterocycles. The highest BCUT2D eigenvalue weighted by Crippen LogP contribution is 2.46. The summed E-state index contributed by atoms with van der Waals surface area (Å²) in [5.41, 5.74) is -0.0835. The summed E-state index contributed by atoms with van der Waals surface area (Å²) in [4.78, 5) is 21.7. The average molecular weight is 366 g/mol. The Kier molecular flexibility index (Phi) is 3.49. The second-order valence-electron chi connectivity index (χ2n) is 6.33. The summed E-state index contributed by atoms with van der Waals surface area (Å²) in [6.45, 7) is 1.36. The minimum absolute atomic E-state index is 0.327. The molecule has 2 aromatic rings. The summed E-state index contributed by atoms with van der Waals surface area (Å²) < 4.78 is 29.5. The van der Waals surface area contributed by atoms with Gasteiger partial charge in [0.1, 0.15) is 12.1 Å². The van der Waals surface area contributed by atoms with Crippen LogP contribution in [0.15, 0.2) is 18.6 Å². The number of fused-ring (bicyclic) bond motifs is 1. The molecule has 10 nitrogen and oxygen atoms in total. The van der Waals surface area contributed by atoms with Gasteiger partial charge in [-0.1, -0.05) is 0 Å². The van der Waals surface area contributed by atoms with Gasteiger partial charge in [0.2, 0.25) is 0 Å². The zero-order valence-corrected chi connectivity index (χ0v) is 14.4. The molecule has 0 bridgehead atoms. The van der Waals surface area contributed by atoms with Crippen molar-refractivity contribution in [1.29, 1.82) is 0 Å². The Labute approximate surface area is 144 Å². The number of carbonyl (C=O) groups is 1. The Balaban J connectivity index is 1.69. The third kappa shape index (κ3) is 2.46. The Morgan fingerprint density at radius 1 is 1.32 bits per heavy atom. The van der Waals surface area contributed by atoms with Crippen LogP contribution in [0.4, 0.5) is 10.6 Å². The summed E-state index contributed by atoms with van der Waals surface area (Å²) in [7, 11) is -2.06. The Hall–Kier alpha value is -2.24. The summed E-state index contributed by atoms with van der Waals surface area (Å²) in [6.07, 6.45) is 3.28. The highest BCUT2D eigenvalue weighted by Gasteiger charge is 2.55. The van der Waals surface area contributed by atoms with E-state index in [1.807, 2.05) is 4.90 Å². The number of nitrogens with zero attached hydrogens (tertiary/aromatic N) is 5. The molecule has 1 saturated carbocycles. The lowest BCUT2D eigenvalue weighted by molar-refractivity contribution is 0.197. The maximum Gasteiger partial charge on any atom is 0.417 e. The average Bonchev–Trinajstić information content (AvgIpc) is 3.19. The van der Waals surface area contributed by atoms with E-state index in [2.05, 4.69) is 14.7 Å². The van der Waals surface area contributed by atoms with Gasteiger partial charge in [0, 0.05) is 32.9 Å². The minimum Gasteiger partial charge on any atom is -0.464 e. The molecule has 2 aliphatic rings. The van der Waals surface area contributed by atoms with Gasteiger partial charge in [-0.25, -0.2) is 24.1 Å². The fourth-order valence-corrected chi connectivity index (χ4v) is 4.82. The summed E-state index contributed by atoms with van der Waals surface area (Å²) in [6, 6.07) is 1.68. The van der Waals surface area contributed by atoms with E-state index in [1.165, 1.54) is 23.9 Å². The van der Waals surface area contributed by atoms with Crippen LogP contribution >= 0.6 is 0 Å². The molecule has 1 aliphatic carbocycles. The Bertz CT molecular complexity index is 951. The molecule has 134 valence electrons. The van der Waals surface area contributed by atoms with E-state index in [9.17, 15) is 18.3 Å². The van der Waals surface area contributed by atoms with Crippen LogP contribution in [0.1, 0.15) is 12.8 Å². The molecule has 0 aromatic carbocycles. The third-order valence-corrected chi connectivity index (χ3v) is 6.59. The predicted octanol–water partition coefficient (Wildman–Crippen LogP) is 0.0762. The lowest BCUT2D eigenvalue weighted by Crippen LogP contribution is -2.59. The number of hydrogen-bond acceptors (Lipinski definition) is 6. The zero-order chi connectivity index (χ0) is 17.8. The first-order chi connectivity index (χ1) is 11.9. The van der Waals surface area contributed by atoms with Gasteiger partial charge < -0.3 is 10.0 Å². The second-order valence-corrected chi connectivity index (χ2v) is 8.13. The predicted molar refractivity (Wildman–Crippen MR) is 89.8 cm³/mol. The van der Waals surface area contributed by atoms with Crippen LogP contribution in [0.25, 0.3) is 11.0 Å². The Morgan fingerprint density at radius 3 is 2.72 bits per heavy atom. The van der Waals surface area contributed by atoms with Crippen molar-refractivity contribution in [2.24, 2.45) is 0 Å². The number of aromatic nitrogens is 3. The van der Waals surface area contributed by atoms with E-state index < -0.39 is 21.8 Å². The molecule has 2 aromatic heterocycles. The van der Waals surface area contributed by atoms with Gasteiger partial charge in [0.05, 0.1) is 10.9 Å². The van der Waals surface area contributed by atoms with E-state index >= 15 is 0 Å². The molecule has 0 amide bonds. The smallest absolute Gasteiger partial charge is 0.417 e. The van der Waals surface area contributed by atoms with Gasteiger partial charge >= 0.3 is 6.09 Å². The van der Waals surface area contributed by atoms with Crippen molar-refractivity contribution in [3.05, 3.63) is 18.6 Å². The number of anilines is 1. The second kappa shape index (κ2) is 5.38. The number of carboxylic acid groups (broad SMARTS) is 1. The molecule has 0 atom stereocenters. The van der Waals surface area contributed by atoms with Crippen molar-refractivity contribution in [3.63, 3.8) is 0 Å². The summed E-state index contributed by atoms with van der Waals surface area (Å²) in [5.74, 6) is 0.637. The van der Waals surface area contributed by atoms with Crippen LogP contribution in [-0.2, 0) is 10.2 Å². The Morgan fingerprint density at radius 2 is 2.08 bits per heavy atom. The first-order valence-electron chi connectivity index (χ1n) is 7.90. The monoisotopic (exact) mass is 366 g/mol. The molecule has 4 rings (SSSR count). The molecule has 11 heteroatoms. The van der Waals surface area contributed by atoms with E-state index in [0.29, 0.717) is 36.5 Å². The van der Waals surface area contributed by atoms with Crippen molar-refractivity contribution in [2.45, 2.75) is 18.4 Å². The molecule has 1 spiro atoms. The number of hydrogen-bond donors (Lipinski definition) is 2. The normalized spacial score (nSPS) is 20.3. The summed E-state index contributed by atoms with van der Waals surface area (Å²) in [5, 5.41) is 9.87. The van der Waals surface area contributed by atoms with E-state index in [-0.39, 0.29) is 0 Å². The van der Waals surface area contributed by atoms with Gasteiger partial charge in [-0.2, -0.15) is 12.7 Å². The molecule has 25 heavy (non-hydrogen) atoms. The van der Waals surface area contributed by atoms with Crippen molar-refractivity contribution in [3.8, 4) is 0 Å². The number of piperazine rings is 1. The molecule has 2 fully saturated rings. The lowest BCUT2D eigenvalue weighted by atomic mass is 10.2. The van der Waals surface area contributed by atoms with Gasteiger partial charge in [-0.3, -0.25) is 0 Å². The van der Waals surface area contributed by atoms with Crippen LogP contribution in [-0.4, -0.2) is 70.7 Å². The topological polar surface area (TPSA) is 121 Å². The van der Waals surface area contributed by atoms with E-state index in [4.69, 9.17) is 0 Å². The van der Waals surface area contributed by atoms with Crippen LogP contribution in [0.3, 0.4) is 0 Å². The lowest BCUT2D eigenvalue weighted by Gasteiger charge is -2.41. The summed E-state index contributed by atoms with van der Waals surface area (Å²) >= 11 is 0. The first-order valence-corrected chi connectivity index (χ1v) is 9.34. The quantitative estimate of drug-likeness (QED) is 0.789. The SMILES string of the molecule is CNS(=O)(=O)N1CCN(c2ncnc3c2ccn3C(=O)O)CC12CC2. The molecular formula is C14H18N6O4S. The van der Waals surface area contributed by atoms with E-state index in [0.717, 1.165) is 17.4 Å². The molecule has 3 heterocycles.